The number of piperidine rings is 1. The fourth-order valence-corrected chi connectivity index (χ4v) is 3.32. The summed E-state index contributed by atoms with van der Waals surface area (Å²) < 4.78 is 1.90. The monoisotopic (exact) mass is 256 g/mol. The van der Waals surface area contributed by atoms with Crippen molar-refractivity contribution in [3.63, 3.8) is 0 Å². The minimum absolute atomic E-state index is 0.0289. The topological polar surface area (TPSA) is 58.4 Å². The van der Waals surface area contributed by atoms with E-state index in [0.29, 0.717) is 23.6 Å². The molecular formula is C14H16N4O. The van der Waals surface area contributed by atoms with Crippen molar-refractivity contribution in [2.24, 2.45) is 5.92 Å². The third-order valence-corrected chi connectivity index (χ3v) is 4.36. The zero-order valence-electron chi connectivity index (χ0n) is 10.5. The van der Waals surface area contributed by atoms with Crippen molar-refractivity contribution in [3.8, 4) is 0 Å². The van der Waals surface area contributed by atoms with E-state index >= 15 is 0 Å². The largest absolute Gasteiger partial charge is 0.349 e. The molecule has 1 aliphatic carbocycles. The number of imidazole rings is 1. The van der Waals surface area contributed by atoms with Crippen molar-refractivity contribution in [2.75, 3.05) is 6.54 Å². The second-order valence-electron chi connectivity index (χ2n) is 5.56. The molecule has 0 spiro atoms. The standard InChI is InChI=1S/C14H16N4O/c19-14(17-13-5-11-3-10(13)6-16-11)9-1-2-18-8-15-7-12(18)4-9/h1-2,4,7-8,10-11,13,16H,3,5-6H2,(H,17,19)/t10-,11-,13+/m1/s1. The summed E-state index contributed by atoms with van der Waals surface area (Å²) in [4.78, 5) is 16.3. The molecule has 1 saturated heterocycles. The van der Waals surface area contributed by atoms with Gasteiger partial charge in [0.15, 0.2) is 0 Å². The Labute approximate surface area is 111 Å². The first-order valence-corrected chi connectivity index (χ1v) is 6.75. The number of pyridine rings is 1. The molecule has 2 bridgehead atoms. The Bertz CT molecular complexity index is 635. The molecule has 3 heterocycles. The number of carbonyl (C=O) groups excluding carboxylic acids is 1. The van der Waals surface area contributed by atoms with Gasteiger partial charge in [-0.25, -0.2) is 4.98 Å². The highest BCUT2D eigenvalue weighted by Crippen LogP contribution is 2.31. The van der Waals surface area contributed by atoms with Crippen LogP contribution in [0.3, 0.4) is 0 Å². The van der Waals surface area contributed by atoms with Gasteiger partial charge in [0.05, 0.1) is 18.0 Å². The lowest BCUT2D eigenvalue weighted by molar-refractivity contribution is 0.0925. The Morgan fingerprint density at radius 2 is 2.42 bits per heavy atom. The van der Waals surface area contributed by atoms with E-state index in [4.69, 9.17) is 0 Å². The van der Waals surface area contributed by atoms with E-state index in [1.165, 1.54) is 6.42 Å². The molecule has 3 atom stereocenters. The number of rotatable bonds is 2. The third kappa shape index (κ3) is 1.81. The molecule has 2 aromatic heterocycles. The van der Waals surface area contributed by atoms with Crippen molar-refractivity contribution in [1.82, 2.24) is 20.0 Å². The van der Waals surface area contributed by atoms with E-state index in [9.17, 15) is 4.79 Å². The number of nitrogens with zero attached hydrogens (tertiary/aromatic N) is 2. The normalized spacial score (nSPS) is 28.9. The molecule has 2 aromatic rings. The van der Waals surface area contributed by atoms with Gasteiger partial charge in [-0.05, 0) is 30.9 Å². The van der Waals surface area contributed by atoms with Gasteiger partial charge < -0.3 is 15.0 Å². The number of amides is 1. The second-order valence-corrected chi connectivity index (χ2v) is 5.56. The van der Waals surface area contributed by atoms with Gasteiger partial charge in [0, 0.05) is 30.4 Å². The number of hydrogen-bond donors (Lipinski definition) is 2. The van der Waals surface area contributed by atoms with Crippen LogP contribution in [-0.2, 0) is 0 Å². The van der Waals surface area contributed by atoms with E-state index < -0.39 is 0 Å². The van der Waals surface area contributed by atoms with Crippen molar-refractivity contribution in [2.45, 2.75) is 24.9 Å². The van der Waals surface area contributed by atoms with Crippen LogP contribution < -0.4 is 10.6 Å². The molecule has 5 nitrogen and oxygen atoms in total. The summed E-state index contributed by atoms with van der Waals surface area (Å²) in [5.41, 5.74) is 1.66. The molecule has 0 radical (unpaired) electrons. The van der Waals surface area contributed by atoms with Crippen molar-refractivity contribution < 1.29 is 4.79 Å². The van der Waals surface area contributed by atoms with Gasteiger partial charge in [-0.2, -0.15) is 0 Å². The summed E-state index contributed by atoms with van der Waals surface area (Å²) in [6, 6.07) is 4.66. The van der Waals surface area contributed by atoms with Crippen molar-refractivity contribution in [3.05, 3.63) is 36.4 Å². The van der Waals surface area contributed by atoms with Gasteiger partial charge in [0.25, 0.3) is 5.91 Å². The van der Waals surface area contributed by atoms with Crippen LogP contribution in [0.25, 0.3) is 5.52 Å². The van der Waals surface area contributed by atoms with E-state index in [2.05, 4.69) is 15.6 Å². The van der Waals surface area contributed by atoms with Gasteiger partial charge in [-0.1, -0.05) is 0 Å². The van der Waals surface area contributed by atoms with Crippen LogP contribution in [0, 0.1) is 5.92 Å². The van der Waals surface area contributed by atoms with E-state index in [-0.39, 0.29) is 5.91 Å². The molecule has 2 aliphatic rings. The molecule has 0 unspecified atom stereocenters. The number of fused-ring (bicyclic) bond motifs is 3. The Kier molecular flexibility index (Phi) is 2.35. The highest BCUT2D eigenvalue weighted by Gasteiger charge is 2.40. The summed E-state index contributed by atoms with van der Waals surface area (Å²) in [5.74, 6) is 0.633. The number of aromatic nitrogens is 2. The summed E-state index contributed by atoms with van der Waals surface area (Å²) in [7, 11) is 0. The Balaban J connectivity index is 1.53. The first-order chi connectivity index (χ1) is 9.29. The second kappa shape index (κ2) is 4.06. The van der Waals surface area contributed by atoms with Crippen LogP contribution in [0.4, 0.5) is 0 Å². The van der Waals surface area contributed by atoms with Crippen LogP contribution in [-0.4, -0.2) is 33.9 Å². The molecule has 1 saturated carbocycles. The molecule has 2 fully saturated rings. The van der Waals surface area contributed by atoms with Gasteiger partial charge in [-0.3, -0.25) is 4.79 Å². The van der Waals surface area contributed by atoms with Crippen LogP contribution in [0.5, 0.6) is 0 Å². The molecule has 98 valence electrons. The van der Waals surface area contributed by atoms with Crippen LogP contribution >= 0.6 is 0 Å². The summed E-state index contributed by atoms with van der Waals surface area (Å²) in [5, 5.41) is 6.63. The highest BCUT2D eigenvalue weighted by atomic mass is 16.1. The molecule has 2 N–H and O–H groups in total. The van der Waals surface area contributed by atoms with Crippen LogP contribution in [0.15, 0.2) is 30.9 Å². The van der Waals surface area contributed by atoms with Gasteiger partial charge >= 0.3 is 0 Å². The Hall–Kier alpha value is -1.88. The third-order valence-electron chi connectivity index (χ3n) is 4.36. The molecule has 0 aromatic carbocycles. The van der Waals surface area contributed by atoms with Crippen molar-refractivity contribution in [1.29, 1.82) is 0 Å². The number of hydrogen-bond acceptors (Lipinski definition) is 3. The highest BCUT2D eigenvalue weighted by molar-refractivity contribution is 5.95. The predicted molar refractivity (Wildman–Crippen MR) is 71.0 cm³/mol. The van der Waals surface area contributed by atoms with Crippen LogP contribution in [0.1, 0.15) is 23.2 Å². The zero-order chi connectivity index (χ0) is 12.8. The Morgan fingerprint density at radius 1 is 1.47 bits per heavy atom. The molecule has 4 rings (SSSR count). The lowest BCUT2D eigenvalue weighted by atomic mass is 10.0. The minimum atomic E-state index is 0.0289. The average molecular weight is 256 g/mol. The lowest BCUT2D eigenvalue weighted by Crippen LogP contribution is -2.44. The quantitative estimate of drug-likeness (QED) is 0.836. The maximum atomic E-state index is 12.3. The van der Waals surface area contributed by atoms with E-state index in [1.54, 1.807) is 12.5 Å². The number of carbonyl (C=O) groups is 1. The summed E-state index contributed by atoms with van der Waals surface area (Å²) in [6.45, 7) is 1.04. The van der Waals surface area contributed by atoms with Gasteiger partial charge in [0.2, 0.25) is 0 Å². The minimum Gasteiger partial charge on any atom is -0.349 e. The van der Waals surface area contributed by atoms with Crippen LogP contribution in [0.2, 0.25) is 0 Å². The molecule has 5 heteroatoms. The zero-order valence-corrected chi connectivity index (χ0v) is 10.5. The first-order valence-electron chi connectivity index (χ1n) is 6.75. The predicted octanol–water partition coefficient (Wildman–Crippen LogP) is 0.814. The SMILES string of the molecule is O=C(N[C@H]1C[C@H]2C[C@@H]1CN2)c1ccn2cncc2c1. The van der Waals surface area contributed by atoms with Gasteiger partial charge in [-0.15, -0.1) is 0 Å². The molecular weight excluding hydrogens is 240 g/mol. The summed E-state index contributed by atoms with van der Waals surface area (Å²) in [6.07, 6.45) is 7.63. The maximum Gasteiger partial charge on any atom is 0.251 e. The average Bonchev–Trinajstić information content (AvgIpc) is 3.13. The molecule has 1 amide bonds. The summed E-state index contributed by atoms with van der Waals surface area (Å²) >= 11 is 0. The Morgan fingerprint density at radius 3 is 3.21 bits per heavy atom. The number of nitrogens with one attached hydrogen (secondary N) is 2. The molecule has 19 heavy (non-hydrogen) atoms. The van der Waals surface area contributed by atoms with Crippen molar-refractivity contribution >= 4 is 11.4 Å². The van der Waals surface area contributed by atoms with E-state index in [0.717, 1.165) is 18.5 Å². The van der Waals surface area contributed by atoms with Gasteiger partial charge in [0.1, 0.15) is 0 Å². The smallest absolute Gasteiger partial charge is 0.251 e. The lowest BCUT2D eigenvalue weighted by Gasteiger charge is -2.23. The first kappa shape index (κ1) is 11.0. The fourth-order valence-electron chi connectivity index (χ4n) is 3.32. The van der Waals surface area contributed by atoms with E-state index in [1.807, 2.05) is 22.7 Å². The maximum absolute atomic E-state index is 12.3. The fraction of sp³-hybridized carbons (Fsp3) is 0.429. The molecule has 1 aliphatic heterocycles.